The lowest BCUT2D eigenvalue weighted by molar-refractivity contribution is 0.0766. The van der Waals surface area contributed by atoms with Crippen LogP contribution in [0.5, 0.6) is 0 Å². The number of benzene rings is 2. The van der Waals surface area contributed by atoms with Crippen LogP contribution in [0.25, 0.3) is 0 Å². The van der Waals surface area contributed by atoms with E-state index in [0.717, 1.165) is 16.7 Å². The van der Waals surface area contributed by atoms with Crippen LogP contribution >= 0.6 is 22.9 Å². The highest BCUT2D eigenvalue weighted by Gasteiger charge is 2.30. The second-order valence-corrected chi connectivity index (χ2v) is 8.85. The van der Waals surface area contributed by atoms with Crippen LogP contribution in [0, 0.1) is 0 Å². The number of nitrogens with two attached hydrogens (primary N) is 1. The molecule has 9 heteroatoms. The Labute approximate surface area is 187 Å². The van der Waals surface area contributed by atoms with Gasteiger partial charge in [0.15, 0.2) is 0 Å². The molecule has 3 aromatic rings. The Hall–Kier alpha value is -3.36. The third kappa shape index (κ3) is 4.55. The number of fused-ring (bicyclic) bond motifs is 1. The van der Waals surface area contributed by atoms with Crippen LogP contribution in [0.4, 0.5) is 5.69 Å². The Morgan fingerprint density at radius 1 is 1.19 bits per heavy atom. The number of carbonyl (C=O) groups is 2. The molecule has 0 saturated carbocycles. The Morgan fingerprint density at radius 2 is 1.97 bits per heavy atom. The molecule has 0 radical (unpaired) electrons. The number of amides is 2. The quantitative estimate of drug-likeness (QED) is 0.225. The Balaban J connectivity index is 1.51. The van der Waals surface area contributed by atoms with Crippen LogP contribution < -0.4 is 11.1 Å². The van der Waals surface area contributed by atoms with Crippen LogP contribution in [0.1, 0.15) is 36.7 Å². The summed E-state index contributed by atoms with van der Waals surface area (Å²) in [7, 11) is 0. The molecule has 0 unspecified atom stereocenters. The molecule has 1 aliphatic rings. The van der Waals surface area contributed by atoms with Gasteiger partial charge in [-0.1, -0.05) is 47.1 Å². The number of amidine groups is 1. The molecule has 0 aliphatic carbocycles. The smallest absolute Gasteiger partial charge is 0.265 e. The average Bonchev–Trinajstić information content (AvgIpc) is 3.33. The van der Waals surface area contributed by atoms with Crippen LogP contribution in [0.2, 0.25) is 4.34 Å². The van der Waals surface area contributed by atoms with Gasteiger partial charge in [0, 0.05) is 36.3 Å². The number of nitrogens with zero attached hydrogens (tertiary/aromatic N) is 2. The van der Waals surface area contributed by atoms with E-state index in [2.05, 4.69) is 10.5 Å². The molecule has 2 heterocycles. The van der Waals surface area contributed by atoms with Gasteiger partial charge in [0.05, 0.1) is 9.21 Å². The van der Waals surface area contributed by atoms with E-state index in [0.29, 0.717) is 40.0 Å². The van der Waals surface area contributed by atoms with Crippen molar-refractivity contribution in [1.82, 2.24) is 4.90 Å². The Kier molecular flexibility index (Phi) is 5.92. The summed E-state index contributed by atoms with van der Waals surface area (Å²) in [6.07, 6.45) is 0.321. The summed E-state index contributed by atoms with van der Waals surface area (Å²) in [5.41, 5.74) is 9.40. The van der Waals surface area contributed by atoms with Crippen LogP contribution in [-0.4, -0.2) is 27.8 Å². The fourth-order valence-electron chi connectivity index (χ4n) is 3.56. The third-order valence-corrected chi connectivity index (χ3v) is 6.20. The molecule has 1 aliphatic heterocycles. The fourth-order valence-corrected chi connectivity index (χ4v) is 4.50. The molecule has 158 valence electrons. The SMILES string of the molecule is N/C(Cc1cccc(CN2Cc3c(NC(=O)c4ccc(Cl)s4)cccc3C2=O)c1)=N/O. The van der Waals surface area contributed by atoms with E-state index in [1.807, 2.05) is 24.3 Å². The van der Waals surface area contributed by atoms with Crippen molar-refractivity contribution in [2.24, 2.45) is 10.9 Å². The van der Waals surface area contributed by atoms with Gasteiger partial charge in [0.25, 0.3) is 11.8 Å². The zero-order valence-electron chi connectivity index (χ0n) is 16.3. The molecule has 4 rings (SSSR count). The molecular weight excluding hydrogens is 436 g/mol. The first kappa shape index (κ1) is 20.9. The molecule has 2 amide bonds. The van der Waals surface area contributed by atoms with Gasteiger partial charge in [-0.05, 0) is 35.4 Å². The molecule has 0 atom stereocenters. The zero-order chi connectivity index (χ0) is 22.0. The maximum absolute atomic E-state index is 12.9. The number of halogens is 1. The molecule has 0 bridgehead atoms. The van der Waals surface area contributed by atoms with Crippen LogP contribution in [0.15, 0.2) is 59.8 Å². The largest absolute Gasteiger partial charge is 0.409 e. The zero-order valence-corrected chi connectivity index (χ0v) is 17.9. The van der Waals surface area contributed by atoms with Gasteiger partial charge in [-0.3, -0.25) is 9.59 Å². The predicted octanol–water partition coefficient (Wildman–Crippen LogP) is 4.10. The number of thiophene rings is 1. The maximum Gasteiger partial charge on any atom is 0.265 e. The standard InChI is InChI=1S/C22H19ClN4O3S/c23-19-8-7-18(31-19)21(28)25-17-6-2-5-15-16(17)12-27(22(15)29)11-14-4-1-3-13(9-14)10-20(24)26-30/h1-9,30H,10-12H2,(H2,24,26)(H,25,28). The van der Waals surface area contributed by atoms with E-state index in [1.54, 1.807) is 35.2 Å². The molecule has 0 saturated heterocycles. The van der Waals surface area contributed by atoms with Gasteiger partial charge < -0.3 is 21.2 Å². The van der Waals surface area contributed by atoms with Crippen molar-refractivity contribution >= 4 is 46.3 Å². The van der Waals surface area contributed by atoms with E-state index >= 15 is 0 Å². The van der Waals surface area contributed by atoms with Gasteiger partial charge in [0.2, 0.25) is 0 Å². The highest BCUT2D eigenvalue weighted by Crippen LogP contribution is 2.31. The summed E-state index contributed by atoms with van der Waals surface area (Å²) < 4.78 is 0.541. The second kappa shape index (κ2) is 8.79. The van der Waals surface area contributed by atoms with E-state index in [9.17, 15) is 9.59 Å². The third-order valence-electron chi connectivity index (χ3n) is 4.97. The lowest BCUT2D eigenvalue weighted by Gasteiger charge is -2.16. The number of carbonyl (C=O) groups excluding carboxylic acids is 2. The highest BCUT2D eigenvalue weighted by molar-refractivity contribution is 7.18. The number of hydrogen-bond donors (Lipinski definition) is 3. The van der Waals surface area contributed by atoms with Crippen molar-refractivity contribution in [3.05, 3.63) is 86.1 Å². The van der Waals surface area contributed by atoms with Gasteiger partial charge >= 0.3 is 0 Å². The van der Waals surface area contributed by atoms with Crippen LogP contribution in [0.3, 0.4) is 0 Å². The lowest BCUT2D eigenvalue weighted by atomic mass is 10.1. The normalized spacial score (nSPS) is 13.4. The van der Waals surface area contributed by atoms with Crippen molar-refractivity contribution in [2.45, 2.75) is 19.5 Å². The van der Waals surface area contributed by atoms with E-state index in [-0.39, 0.29) is 17.6 Å². The molecule has 31 heavy (non-hydrogen) atoms. The van der Waals surface area contributed by atoms with Crippen LogP contribution in [-0.2, 0) is 19.5 Å². The first-order valence-corrected chi connectivity index (χ1v) is 10.7. The number of anilines is 1. The molecular formula is C22H19ClN4O3S. The number of rotatable bonds is 6. The number of nitrogens with one attached hydrogen (secondary N) is 1. The Bertz CT molecular complexity index is 1190. The van der Waals surface area contributed by atoms with Gasteiger partial charge in [-0.15, -0.1) is 11.3 Å². The first-order valence-electron chi connectivity index (χ1n) is 9.46. The van der Waals surface area contributed by atoms with E-state index < -0.39 is 0 Å². The summed E-state index contributed by atoms with van der Waals surface area (Å²) in [6.45, 7) is 0.797. The minimum Gasteiger partial charge on any atom is -0.409 e. The average molecular weight is 455 g/mol. The topological polar surface area (TPSA) is 108 Å². The molecule has 2 aromatic carbocycles. The minimum absolute atomic E-state index is 0.0906. The minimum atomic E-state index is -0.257. The van der Waals surface area contributed by atoms with Gasteiger partial charge in [0.1, 0.15) is 5.84 Å². The Morgan fingerprint density at radius 3 is 2.71 bits per heavy atom. The first-order chi connectivity index (χ1) is 14.9. The van der Waals surface area contributed by atoms with E-state index in [1.165, 1.54) is 11.3 Å². The summed E-state index contributed by atoms with van der Waals surface area (Å²) in [6, 6.07) is 16.3. The monoisotopic (exact) mass is 454 g/mol. The maximum atomic E-state index is 12.9. The summed E-state index contributed by atoms with van der Waals surface area (Å²) in [5.74, 6) is -0.228. The summed E-state index contributed by atoms with van der Waals surface area (Å²) in [5, 5.41) is 14.7. The molecule has 1 aromatic heterocycles. The van der Waals surface area contributed by atoms with Gasteiger partial charge in [-0.25, -0.2) is 0 Å². The fraction of sp³-hybridized carbons (Fsp3) is 0.136. The number of oxime groups is 1. The summed E-state index contributed by atoms with van der Waals surface area (Å²) in [4.78, 5) is 27.7. The van der Waals surface area contributed by atoms with E-state index in [4.69, 9.17) is 22.5 Å². The van der Waals surface area contributed by atoms with Gasteiger partial charge in [-0.2, -0.15) is 0 Å². The highest BCUT2D eigenvalue weighted by atomic mass is 35.5. The van der Waals surface area contributed by atoms with Crippen molar-refractivity contribution in [3.8, 4) is 0 Å². The summed E-state index contributed by atoms with van der Waals surface area (Å²) >= 11 is 7.13. The molecule has 7 nitrogen and oxygen atoms in total. The number of hydrogen-bond acceptors (Lipinski definition) is 5. The molecule has 4 N–H and O–H groups in total. The molecule has 0 spiro atoms. The lowest BCUT2D eigenvalue weighted by Crippen LogP contribution is -2.23. The van der Waals surface area contributed by atoms with Crippen molar-refractivity contribution < 1.29 is 14.8 Å². The molecule has 0 fully saturated rings. The van der Waals surface area contributed by atoms with Crippen molar-refractivity contribution in [2.75, 3.05) is 5.32 Å². The second-order valence-electron chi connectivity index (χ2n) is 7.14. The predicted molar refractivity (Wildman–Crippen MR) is 121 cm³/mol. The van der Waals surface area contributed by atoms with Crippen molar-refractivity contribution in [1.29, 1.82) is 0 Å². The van der Waals surface area contributed by atoms with Crippen molar-refractivity contribution in [3.63, 3.8) is 0 Å².